The molecule has 0 aliphatic rings. The molecule has 0 spiro atoms. The zero-order chi connectivity index (χ0) is 16.6. The summed E-state index contributed by atoms with van der Waals surface area (Å²) in [4.78, 5) is 12.1. The molecule has 1 aromatic carbocycles. The molecule has 0 heterocycles. The van der Waals surface area contributed by atoms with Crippen molar-refractivity contribution < 1.29 is 13.2 Å². The van der Waals surface area contributed by atoms with Crippen molar-refractivity contribution in [3.63, 3.8) is 0 Å². The molecule has 0 bridgehead atoms. The Kier molecular flexibility index (Phi) is 7.23. The molecular weight excluding hydrogens is 302 g/mol. The molecule has 0 radical (unpaired) electrons. The fourth-order valence-electron chi connectivity index (χ4n) is 1.81. The van der Waals surface area contributed by atoms with Crippen LogP contribution in [0.3, 0.4) is 0 Å². The van der Waals surface area contributed by atoms with Gasteiger partial charge in [-0.25, -0.2) is 13.1 Å². The van der Waals surface area contributed by atoms with Crippen LogP contribution in [0.4, 0.5) is 0 Å². The van der Waals surface area contributed by atoms with E-state index in [-0.39, 0.29) is 23.4 Å². The van der Waals surface area contributed by atoms with Crippen LogP contribution in [-0.4, -0.2) is 40.0 Å². The lowest BCUT2D eigenvalue weighted by Crippen LogP contribution is -2.38. The number of carbonyl (C=O) groups excluding carboxylic acids is 1. The van der Waals surface area contributed by atoms with Crippen LogP contribution in [0.5, 0.6) is 0 Å². The number of hydrogen-bond acceptors (Lipinski definition) is 4. The first-order chi connectivity index (χ1) is 10.4. The number of amides is 1. The smallest absolute Gasteiger partial charge is 0.251 e. The Labute approximate surface area is 132 Å². The molecule has 0 saturated carbocycles. The van der Waals surface area contributed by atoms with E-state index >= 15 is 0 Å². The summed E-state index contributed by atoms with van der Waals surface area (Å²) in [6.07, 6.45) is 1.46. The Balaban J connectivity index is 2.68. The Morgan fingerprint density at radius 3 is 2.50 bits per heavy atom. The van der Waals surface area contributed by atoms with Crippen LogP contribution in [0.25, 0.3) is 0 Å². The Morgan fingerprint density at radius 1 is 1.32 bits per heavy atom. The standard InChI is InChI=1S/C15H23N3O3S/c1-4-10-18-22(20,21)14-8-6-13(7-9-14)15(19)17-11-12(3)16-5-2/h4,6-9,12,16,18H,1,5,10-11H2,2-3H3,(H,17,19)/t12-/m1/s1. The van der Waals surface area contributed by atoms with Crippen LogP contribution >= 0.6 is 0 Å². The normalized spacial score (nSPS) is 12.6. The van der Waals surface area contributed by atoms with Gasteiger partial charge in [-0.15, -0.1) is 6.58 Å². The van der Waals surface area contributed by atoms with E-state index in [9.17, 15) is 13.2 Å². The molecule has 122 valence electrons. The first kappa shape index (κ1) is 18.3. The van der Waals surface area contributed by atoms with E-state index in [1.54, 1.807) is 0 Å². The molecule has 0 saturated heterocycles. The minimum atomic E-state index is -3.56. The topological polar surface area (TPSA) is 87.3 Å². The first-order valence-electron chi connectivity index (χ1n) is 7.13. The van der Waals surface area contributed by atoms with Crippen molar-refractivity contribution in [2.45, 2.75) is 24.8 Å². The van der Waals surface area contributed by atoms with Gasteiger partial charge in [0, 0.05) is 24.7 Å². The molecule has 0 aliphatic heterocycles. The maximum absolute atomic E-state index is 12.0. The van der Waals surface area contributed by atoms with Gasteiger partial charge in [0.05, 0.1) is 4.90 Å². The van der Waals surface area contributed by atoms with E-state index in [2.05, 4.69) is 21.9 Å². The molecule has 1 rings (SSSR count). The number of nitrogens with one attached hydrogen (secondary N) is 3. The number of carbonyl (C=O) groups is 1. The third-order valence-electron chi connectivity index (χ3n) is 2.97. The second-order valence-electron chi connectivity index (χ2n) is 4.83. The van der Waals surface area contributed by atoms with Crippen LogP contribution in [0, 0.1) is 0 Å². The molecule has 1 amide bonds. The van der Waals surface area contributed by atoms with Gasteiger partial charge in [0.15, 0.2) is 0 Å². The maximum atomic E-state index is 12.0. The Bertz CT molecular complexity index is 597. The summed E-state index contributed by atoms with van der Waals surface area (Å²) in [7, 11) is -3.56. The highest BCUT2D eigenvalue weighted by atomic mass is 32.2. The van der Waals surface area contributed by atoms with Gasteiger partial charge in [0.25, 0.3) is 5.91 Å². The molecule has 7 heteroatoms. The molecule has 0 unspecified atom stereocenters. The van der Waals surface area contributed by atoms with Crippen molar-refractivity contribution in [1.82, 2.24) is 15.4 Å². The SMILES string of the molecule is C=CCNS(=O)(=O)c1ccc(C(=O)NC[C@@H](C)NCC)cc1. The van der Waals surface area contributed by atoms with Gasteiger partial charge >= 0.3 is 0 Å². The quantitative estimate of drug-likeness (QED) is 0.588. The van der Waals surface area contributed by atoms with Crippen molar-refractivity contribution in [2.24, 2.45) is 0 Å². The molecule has 1 aromatic rings. The van der Waals surface area contributed by atoms with E-state index in [4.69, 9.17) is 0 Å². The fourth-order valence-corrected chi connectivity index (χ4v) is 2.80. The van der Waals surface area contributed by atoms with Gasteiger partial charge in [0.1, 0.15) is 0 Å². The zero-order valence-electron chi connectivity index (χ0n) is 12.9. The lowest BCUT2D eigenvalue weighted by Gasteiger charge is -2.13. The van der Waals surface area contributed by atoms with Crippen LogP contribution in [-0.2, 0) is 10.0 Å². The highest BCUT2D eigenvalue weighted by Crippen LogP contribution is 2.10. The summed E-state index contributed by atoms with van der Waals surface area (Å²) < 4.78 is 26.2. The zero-order valence-corrected chi connectivity index (χ0v) is 13.7. The Morgan fingerprint density at radius 2 is 1.95 bits per heavy atom. The Hall–Kier alpha value is -1.70. The summed E-state index contributed by atoms with van der Waals surface area (Å²) in [5, 5.41) is 5.99. The van der Waals surface area contributed by atoms with E-state index < -0.39 is 10.0 Å². The van der Waals surface area contributed by atoms with Gasteiger partial charge in [0.2, 0.25) is 10.0 Å². The van der Waals surface area contributed by atoms with Crippen molar-refractivity contribution >= 4 is 15.9 Å². The van der Waals surface area contributed by atoms with E-state index in [1.807, 2.05) is 13.8 Å². The van der Waals surface area contributed by atoms with Crippen molar-refractivity contribution in [2.75, 3.05) is 19.6 Å². The molecular formula is C15H23N3O3S. The third-order valence-corrected chi connectivity index (χ3v) is 4.41. The number of benzene rings is 1. The number of likely N-dealkylation sites (N-methyl/N-ethyl adjacent to an activating group) is 1. The summed E-state index contributed by atoms with van der Waals surface area (Å²) in [6, 6.07) is 5.99. The number of sulfonamides is 1. The third kappa shape index (κ3) is 5.59. The monoisotopic (exact) mass is 325 g/mol. The summed E-state index contributed by atoms with van der Waals surface area (Å²) in [6.45, 7) is 8.93. The highest BCUT2D eigenvalue weighted by molar-refractivity contribution is 7.89. The van der Waals surface area contributed by atoms with Crippen LogP contribution in [0.15, 0.2) is 41.8 Å². The second-order valence-corrected chi connectivity index (χ2v) is 6.60. The molecule has 0 aliphatic carbocycles. The molecule has 1 atom stereocenters. The first-order valence-corrected chi connectivity index (χ1v) is 8.61. The fraction of sp³-hybridized carbons (Fsp3) is 0.400. The van der Waals surface area contributed by atoms with E-state index in [0.29, 0.717) is 12.1 Å². The average Bonchev–Trinajstić information content (AvgIpc) is 2.51. The predicted molar refractivity (Wildman–Crippen MR) is 87.3 cm³/mol. The molecule has 6 nitrogen and oxygen atoms in total. The maximum Gasteiger partial charge on any atom is 0.251 e. The summed E-state index contributed by atoms with van der Waals surface area (Å²) in [5.74, 6) is -0.229. The summed E-state index contributed by atoms with van der Waals surface area (Å²) in [5.41, 5.74) is 0.423. The van der Waals surface area contributed by atoms with Gasteiger partial charge < -0.3 is 10.6 Å². The van der Waals surface area contributed by atoms with Crippen LogP contribution in [0.1, 0.15) is 24.2 Å². The van der Waals surface area contributed by atoms with Gasteiger partial charge in [-0.2, -0.15) is 0 Å². The number of hydrogen-bond donors (Lipinski definition) is 3. The predicted octanol–water partition coefficient (Wildman–Crippen LogP) is 0.879. The molecule has 3 N–H and O–H groups in total. The number of rotatable bonds is 9. The molecule has 0 aromatic heterocycles. The van der Waals surface area contributed by atoms with Crippen molar-refractivity contribution in [1.29, 1.82) is 0 Å². The largest absolute Gasteiger partial charge is 0.350 e. The minimum Gasteiger partial charge on any atom is -0.350 e. The lowest BCUT2D eigenvalue weighted by molar-refractivity contribution is 0.0950. The van der Waals surface area contributed by atoms with Gasteiger partial charge in [-0.05, 0) is 37.7 Å². The van der Waals surface area contributed by atoms with E-state index in [0.717, 1.165) is 6.54 Å². The van der Waals surface area contributed by atoms with Crippen LogP contribution in [0.2, 0.25) is 0 Å². The second kappa shape index (κ2) is 8.67. The van der Waals surface area contributed by atoms with Crippen LogP contribution < -0.4 is 15.4 Å². The highest BCUT2D eigenvalue weighted by Gasteiger charge is 2.14. The molecule has 0 fully saturated rings. The lowest BCUT2D eigenvalue weighted by atomic mass is 10.2. The van der Waals surface area contributed by atoms with Gasteiger partial charge in [-0.3, -0.25) is 4.79 Å². The van der Waals surface area contributed by atoms with Gasteiger partial charge in [-0.1, -0.05) is 13.0 Å². The minimum absolute atomic E-state index is 0.118. The van der Waals surface area contributed by atoms with E-state index in [1.165, 1.54) is 30.3 Å². The molecule has 22 heavy (non-hydrogen) atoms. The van der Waals surface area contributed by atoms with Crippen molar-refractivity contribution in [3.8, 4) is 0 Å². The average molecular weight is 325 g/mol. The van der Waals surface area contributed by atoms with Crippen molar-refractivity contribution in [3.05, 3.63) is 42.5 Å². The summed E-state index contributed by atoms with van der Waals surface area (Å²) >= 11 is 0.